The molecule has 0 N–H and O–H groups in total. The largest absolute Gasteiger partial charge is 0.488 e. The molecule has 2 aromatic carbocycles. The molecule has 0 heterocycles. The van der Waals surface area contributed by atoms with Gasteiger partial charge in [0.1, 0.15) is 12.4 Å². The zero-order valence-corrected chi connectivity index (χ0v) is 11.6. The number of aryl methyl sites for hydroxylation is 1. The molecular formula is C15H13BrO2. The number of hydrogen-bond donors (Lipinski definition) is 0. The second-order valence-corrected chi connectivity index (χ2v) is 4.89. The van der Waals surface area contributed by atoms with Crippen molar-refractivity contribution in [3.63, 3.8) is 0 Å². The van der Waals surface area contributed by atoms with Gasteiger partial charge in [0.25, 0.3) is 0 Å². The van der Waals surface area contributed by atoms with E-state index in [0.29, 0.717) is 17.9 Å². The highest BCUT2D eigenvalue weighted by molar-refractivity contribution is 9.10. The van der Waals surface area contributed by atoms with Crippen LogP contribution < -0.4 is 4.74 Å². The number of carbonyl (C=O) groups excluding carboxylic acids is 1. The lowest BCUT2D eigenvalue weighted by atomic mass is 10.1. The molecule has 2 nitrogen and oxygen atoms in total. The third-order valence-corrected chi connectivity index (χ3v) is 3.51. The zero-order chi connectivity index (χ0) is 13.0. The van der Waals surface area contributed by atoms with Crippen molar-refractivity contribution < 1.29 is 9.53 Å². The Hall–Kier alpha value is -1.61. The van der Waals surface area contributed by atoms with Gasteiger partial charge in [-0.3, -0.25) is 4.79 Å². The van der Waals surface area contributed by atoms with E-state index in [1.807, 2.05) is 43.3 Å². The van der Waals surface area contributed by atoms with Crippen LogP contribution in [-0.2, 0) is 6.61 Å². The first-order chi connectivity index (χ1) is 8.70. The SMILES string of the molecule is Cc1cc(OCc2ccccc2)c(C=O)cc1Br. The summed E-state index contributed by atoms with van der Waals surface area (Å²) < 4.78 is 6.61. The van der Waals surface area contributed by atoms with Crippen LogP contribution in [0.15, 0.2) is 46.9 Å². The Bertz CT molecular complexity index is 550. The lowest BCUT2D eigenvalue weighted by molar-refractivity contribution is 0.111. The lowest BCUT2D eigenvalue weighted by Gasteiger charge is -2.10. The van der Waals surface area contributed by atoms with Crippen molar-refractivity contribution in [2.45, 2.75) is 13.5 Å². The van der Waals surface area contributed by atoms with Gasteiger partial charge >= 0.3 is 0 Å². The quantitative estimate of drug-likeness (QED) is 0.793. The molecule has 0 saturated heterocycles. The summed E-state index contributed by atoms with van der Waals surface area (Å²) in [5.41, 5.74) is 2.68. The third-order valence-electron chi connectivity index (χ3n) is 2.66. The molecule has 0 bridgehead atoms. The summed E-state index contributed by atoms with van der Waals surface area (Å²) >= 11 is 3.40. The molecule has 0 fully saturated rings. The van der Waals surface area contributed by atoms with E-state index in [1.54, 1.807) is 6.07 Å². The molecule has 18 heavy (non-hydrogen) atoms. The fourth-order valence-corrected chi connectivity index (χ4v) is 1.98. The van der Waals surface area contributed by atoms with Crippen LogP contribution in [0, 0.1) is 6.92 Å². The number of halogens is 1. The van der Waals surface area contributed by atoms with E-state index in [2.05, 4.69) is 15.9 Å². The van der Waals surface area contributed by atoms with Crippen molar-refractivity contribution in [2.75, 3.05) is 0 Å². The summed E-state index contributed by atoms with van der Waals surface area (Å²) in [6, 6.07) is 13.5. The summed E-state index contributed by atoms with van der Waals surface area (Å²) in [7, 11) is 0. The molecule has 0 unspecified atom stereocenters. The van der Waals surface area contributed by atoms with Crippen molar-refractivity contribution in [1.82, 2.24) is 0 Å². The first-order valence-corrected chi connectivity index (χ1v) is 6.42. The maximum Gasteiger partial charge on any atom is 0.153 e. The van der Waals surface area contributed by atoms with Crippen LogP contribution >= 0.6 is 15.9 Å². The molecule has 2 rings (SSSR count). The maximum atomic E-state index is 11.0. The Morgan fingerprint density at radius 3 is 2.61 bits per heavy atom. The molecule has 92 valence electrons. The maximum absolute atomic E-state index is 11.0. The molecule has 0 aliphatic heterocycles. The van der Waals surface area contributed by atoms with Crippen LogP contribution in [0.5, 0.6) is 5.75 Å². The summed E-state index contributed by atoms with van der Waals surface area (Å²) in [6.07, 6.45) is 0.810. The monoisotopic (exact) mass is 304 g/mol. The summed E-state index contributed by atoms with van der Waals surface area (Å²) in [6.45, 7) is 2.43. The summed E-state index contributed by atoms with van der Waals surface area (Å²) in [5, 5.41) is 0. The second-order valence-electron chi connectivity index (χ2n) is 4.03. The topological polar surface area (TPSA) is 26.3 Å². The molecule has 0 aromatic heterocycles. The van der Waals surface area contributed by atoms with Gasteiger partial charge in [-0.2, -0.15) is 0 Å². The standard InChI is InChI=1S/C15H13BrO2/c1-11-7-15(13(9-17)8-14(11)16)18-10-12-5-3-2-4-6-12/h2-9H,10H2,1H3. The van der Waals surface area contributed by atoms with Gasteiger partial charge in [0.2, 0.25) is 0 Å². The molecule has 0 radical (unpaired) electrons. The van der Waals surface area contributed by atoms with E-state index in [-0.39, 0.29) is 0 Å². The minimum atomic E-state index is 0.461. The van der Waals surface area contributed by atoms with Gasteiger partial charge in [-0.1, -0.05) is 46.3 Å². The van der Waals surface area contributed by atoms with Crippen LogP contribution in [0.2, 0.25) is 0 Å². The smallest absolute Gasteiger partial charge is 0.153 e. The molecular weight excluding hydrogens is 292 g/mol. The highest BCUT2D eigenvalue weighted by Gasteiger charge is 2.07. The van der Waals surface area contributed by atoms with Gasteiger partial charge in [-0.25, -0.2) is 0 Å². The highest BCUT2D eigenvalue weighted by atomic mass is 79.9. The Labute approximate surface area is 115 Å². The Balaban J connectivity index is 2.19. The molecule has 0 saturated carbocycles. The van der Waals surface area contributed by atoms with E-state index in [1.165, 1.54) is 0 Å². The molecule has 0 aliphatic carbocycles. The predicted octanol–water partition coefficient (Wildman–Crippen LogP) is 4.15. The summed E-state index contributed by atoms with van der Waals surface area (Å²) in [4.78, 5) is 11.0. The van der Waals surface area contributed by atoms with E-state index in [4.69, 9.17) is 4.74 Å². The van der Waals surface area contributed by atoms with E-state index in [0.717, 1.165) is 21.9 Å². The lowest BCUT2D eigenvalue weighted by Crippen LogP contribution is -1.99. The molecule has 0 amide bonds. The van der Waals surface area contributed by atoms with Crippen molar-refractivity contribution in [3.8, 4) is 5.75 Å². The molecule has 2 aromatic rings. The van der Waals surface area contributed by atoms with Crippen LogP contribution in [0.1, 0.15) is 21.5 Å². The second kappa shape index (κ2) is 5.83. The predicted molar refractivity (Wildman–Crippen MR) is 75.0 cm³/mol. The first kappa shape index (κ1) is 12.8. The minimum Gasteiger partial charge on any atom is -0.488 e. The van der Waals surface area contributed by atoms with Crippen molar-refractivity contribution in [2.24, 2.45) is 0 Å². The number of hydrogen-bond acceptors (Lipinski definition) is 2. The van der Waals surface area contributed by atoms with Gasteiger partial charge in [0, 0.05) is 4.47 Å². The fourth-order valence-electron chi connectivity index (χ4n) is 1.62. The van der Waals surface area contributed by atoms with Crippen LogP contribution in [0.4, 0.5) is 0 Å². The fraction of sp³-hybridized carbons (Fsp3) is 0.133. The minimum absolute atomic E-state index is 0.461. The van der Waals surface area contributed by atoms with Gasteiger partial charge in [-0.05, 0) is 30.2 Å². The first-order valence-electron chi connectivity index (χ1n) is 5.63. The van der Waals surface area contributed by atoms with E-state index >= 15 is 0 Å². The van der Waals surface area contributed by atoms with Gasteiger partial charge in [0.15, 0.2) is 6.29 Å². The van der Waals surface area contributed by atoms with Crippen molar-refractivity contribution in [3.05, 3.63) is 63.6 Å². The molecule has 0 atom stereocenters. The average Bonchev–Trinajstić information content (AvgIpc) is 2.41. The zero-order valence-electron chi connectivity index (χ0n) is 10.0. The van der Waals surface area contributed by atoms with Crippen molar-refractivity contribution in [1.29, 1.82) is 0 Å². The van der Waals surface area contributed by atoms with Crippen molar-refractivity contribution >= 4 is 22.2 Å². The molecule has 3 heteroatoms. The number of aldehydes is 1. The van der Waals surface area contributed by atoms with Gasteiger partial charge in [-0.15, -0.1) is 0 Å². The summed E-state index contributed by atoms with van der Waals surface area (Å²) in [5.74, 6) is 0.620. The Morgan fingerprint density at radius 1 is 1.22 bits per heavy atom. The van der Waals surface area contributed by atoms with E-state index in [9.17, 15) is 4.79 Å². The Morgan fingerprint density at radius 2 is 1.94 bits per heavy atom. The number of carbonyl (C=O) groups is 1. The van der Waals surface area contributed by atoms with Gasteiger partial charge in [0.05, 0.1) is 5.56 Å². The third kappa shape index (κ3) is 2.99. The Kier molecular flexibility index (Phi) is 4.15. The normalized spacial score (nSPS) is 10.1. The number of benzene rings is 2. The number of rotatable bonds is 4. The van der Waals surface area contributed by atoms with E-state index < -0.39 is 0 Å². The van der Waals surface area contributed by atoms with Crippen LogP contribution in [0.3, 0.4) is 0 Å². The number of ether oxygens (including phenoxy) is 1. The van der Waals surface area contributed by atoms with Gasteiger partial charge < -0.3 is 4.74 Å². The molecule has 0 spiro atoms. The average molecular weight is 305 g/mol. The highest BCUT2D eigenvalue weighted by Crippen LogP contribution is 2.26. The van der Waals surface area contributed by atoms with Crippen LogP contribution in [0.25, 0.3) is 0 Å². The van der Waals surface area contributed by atoms with Crippen LogP contribution in [-0.4, -0.2) is 6.29 Å². The molecule has 0 aliphatic rings.